The molecule has 2 aromatic rings. The van der Waals surface area contributed by atoms with Crippen LogP contribution >= 0.6 is 8.60 Å². The van der Waals surface area contributed by atoms with E-state index >= 15 is 0 Å². The summed E-state index contributed by atoms with van der Waals surface area (Å²) in [7, 11) is -1.10. The largest absolute Gasteiger partial charge is 0.337 e. The van der Waals surface area contributed by atoms with Gasteiger partial charge in [0.1, 0.15) is 0 Å². The number of rotatable bonds is 9. The highest BCUT2D eigenvalue weighted by atomic mass is 31.2. The van der Waals surface area contributed by atoms with Crippen molar-refractivity contribution in [2.24, 2.45) is 0 Å². The molecule has 1 aliphatic heterocycles. The van der Waals surface area contributed by atoms with Crippen LogP contribution in [-0.2, 0) is 35.2 Å². The van der Waals surface area contributed by atoms with Crippen molar-refractivity contribution in [3.8, 4) is 0 Å². The summed E-state index contributed by atoms with van der Waals surface area (Å²) in [6.07, 6.45) is 4.31. The van der Waals surface area contributed by atoms with Crippen LogP contribution in [0.15, 0.2) is 36.4 Å². The lowest BCUT2D eigenvalue weighted by Gasteiger charge is -2.34. The Bertz CT molecular complexity index is 1040. The van der Waals surface area contributed by atoms with Gasteiger partial charge in [-0.1, -0.05) is 132 Å². The van der Waals surface area contributed by atoms with Crippen LogP contribution in [0, 0.1) is 0 Å². The minimum Gasteiger partial charge on any atom is -0.312 e. The lowest BCUT2D eigenvalue weighted by atomic mass is 9.70. The molecule has 0 bridgehead atoms. The smallest absolute Gasteiger partial charge is 0.312 e. The second kappa shape index (κ2) is 12.5. The summed E-state index contributed by atoms with van der Waals surface area (Å²) in [4.78, 5) is 0. The van der Waals surface area contributed by atoms with Gasteiger partial charge >= 0.3 is 8.60 Å². The first-order valence-corrected chi connectivity index (χ1v) is 16.4. The Morgan fingerprint density at radius 3 is 1.48 bits per heavy atom. The average molecular weight is 569 g/mol. The first-order valence-electron chi connectivity index (χ1n) is 15.3. The summed E-state index contributed by atoms with van der Waals surface area (Å²) in [5.41, 5.74) is 9.09. The molecule has 1 saturated heterocycles. The Hall–Kier alpha value is -1.25. The van der Waals surface area contributed by atoms with E-state index in [1.807, 2.05) is 6.92 Å². The summed E-state index contributed by atoms with van der Waals surface area (Å²) >= 11 is 0. The van der Waals surface area contributed by atoms with Crippen molar-refractivity contribution in [2.75, 3.05) is 6.61 Å². The number of hydrogen-bond donors (Lipinski definition) is 0. The first kappa shape index (κ1) is 33.3. The molecule has 1 fully saturated rings. The fraction of sp³-hybridized carbons (Fsp3) is 0.667. The highest BCUT2D eigenvalue weighted by Gasteiger charge is 2.31. The van der Waals surface area contributed by atoms with Crippen molar-refractivity contribution in [1.29, 1.82) is 0 Å². The van der Waals surface area contributed by atoms with Crippen molar-refractivity contribution >= 4 is 8.60 Å². The summed E-state index contributed by atoms with van der Waals surface area (Å²) in [6.45, 7) is 30.7. The lowest BCUT2D eigenvalue weighted by Crippen LogP contribution is -2.23. The molecular formula is C36H57O3P. The predicted octanol–water partition coefficient (Wildman–Crippen LogP) is 11.2. The minimum absolute atomic E-state index is 0.0536. The molecular weight excluding hydrogens is 511 g/mol. The van der Waals surface area contributed by atoms with Crippen molar-refractivity contribution in [2.45, 2.75) is 150 Å². The van der Waals surface area contributed by atoms with Crippen molar-refractivity contribution in [3.05, 3.63) is 69.8 Å². The van der Waals surface area contributed by atoms with E-state index in [-0.39, 0.29) is 27.9 Å². The molecule has 0 aromatic heterocycles. The zero-order chi connectivity index (χ0) is 30.1. The summed E-state index contributed by atoms with van der Waals surface area (Å²) in [6, 6.07) is 14.7. The van der Waals surface area contributed by atoms with E-state index in [0.29, 0.717) is 12.5 Å². The van der Waals surface area contributed by atoms with E-state index in [0.717, 1.165) is 25.7 Å². The number of benzene rings is 2. The molecule has 1 heterocycles. The van der Waals surface area contributed by atoms with Gasteiger partial charge < -0.3 is 4.52 Å². The maximum Gasteiger partial charge on any atom is 0.337 e. The second-order valence-electron chi connectivity index (χ2n) is 15.8. The van der Waals surface area contributed by atoms with Gasteiger partial charge in [-0.05, 0) is 74.8 Å². The van der Waals surface area contributed by atoms with Crippen LogP contribution in [0.1, 0.15) is 155 Å². The fourth-order valence-electron chi connectivity index (χ4n) is 5.51. The zero-order valence-electron chi connectivity index (χ0n) is 27.8. The second-order valence-corrected chi connectivity index (χ2v) is 17.0. The van der Waals surface area contributed by atoms with Crippen molar-refractivity contribution < 1.29 is 13.6 Å². The summed E-state index contributed by atoms with van der Waals surface area (Å²) in [5.74, 6) is 0.343. The Morgan fingerprint density at radius 2 is 1.10 bits per heavy atom. The lowest BCUT2D eigenvalue weighted by molar-refractivity contribution is -0.0874. The molecule has 3 nitrogen and oxygen atoms in total. The predicted molar refractivity (Wildman–Crippen MR) is 172 cm³/mol. The Kier molecular flexibility index (Phi) is 10.4. The fourth-order valence-corrected chi connectivity index (χ4v) is 6.41. The third kappa shape index (κ3) is 8.64. The summed E-state index contributed by atoms with van der Waals surface area (Å²) < 4.78 is 16.7. The van der Waals surface area contributed by atoms with Gasteiger partial charge in [-0.25, -0.2) is 0 Å². The molecule has 3 rings (SSSR count). The Labute approximate surface area is 247 Å². The maximum absolute atomic E-state index is 5.76. The SMILES string of the molecule is CC1OP(OCCCCCC(c2ccc(C(C)(C)C)cc2C(C)(C)C)c2ccc(C(C)(C)C)cc2C(C)(C)C)O1. The molecule has 0 spiro atoms. The molecule has 0 aliphatic carbocycles. The molecule has 0 N–H and O–H groups in total. The molecule has 0 radical (unpaired) electrons. The number of hydrogen-bond acceptors (Lipinski definition) is 3. The monoisotopic (exact) mass is 568 g/mol. The first-order chi connectivity index (χ1) is 18.3. The molecule has 1 aliphatic rings. The van der Waals surface area contributed by atoms with E-state index in [2.05, 4.69) is 119 Å². The van der Waals surface area contributed by atoms with E-state index in [1.54, 1.807) is 0 Å². The van der Waals surface area contributed by atoms with E-state index < -0.39 is 8.60 Å². The Morgan fingerprint density at radius 1 is 0.650 bits per heavy atom. The van der Waals surface area contributed by atoms with Gasteiger partial charge in [0, 0.05) is 5.92 Å². The maximum atomic E-state index is 5.76. The molecule has 0 unspecified atom stereocenters. The van der Waals surface area contributed by atoms with Crippen LogP contribution in [-0.4, -0.2) is 12.9 Å². The molecule has 0 amide bonds. The minimum atomic E-state index is -1.10. The van der Waals surface area contributed by atoms with Crippen LogP contribution in [0.4, 0.5) is 0 Å². The van der Waals surface area contributed by atoms with E-state index in [4.69, 9.17) is 13.6 Å². The molecule has 0 atom stereocenters. The van der Waals surface area contributed by atoms with Crippen LogP contribution in [0.25, 0.3) is 0 Å². The van der Waals surface area contributed by atoms with Gasteiger partial charge in [0.25, 0.3) is 0 Å². The third-order valence-corrected chi connectivity index (χ3v) is 9.34. The summed E-state index contributed by atoms with van der Waals surface area (Å²) in [5, 5.41) is 0. The van der Waals surface area contributed by atoms with Gasteiger partial charge in [0.2, 0.25) is 0 Å². The average Bonchev–Trinajstić information content (AvgIpc) is 2.79. The van der Waals surface area contributed by atoms with Gasteiger partial charge in [-0.3, -0.25) is 9.05 Å². The number of unbranched alkanes of at least 4 members (excludes halogenated alkanes) is 2. The van der Waals surface area contributed by atoms with Crippen LogP contribution in [0.5, 0.6) is 0 Å². The van der Waals surface area contributed by atoms with Crippen LogP contribution < -0.4 is 0 Å². The van der Waals surface area contributed by atoms with E-state index in [1.165, 1.54) is 33.4 Å². The quantitative estimate of drug-likeness (QED) is 0.222. The van der Waals surface area contributed by atoms with Gasteiger partial charge in [-0.15, -0.1) is 0 Å². The molecule has 224 valence electrons. The Balaban J connectivity index is 2.01. The zero-order valence-corrected chi connectivity index (χ0v) is 28.7. The van der Waals surface area contributed by atoms with E-state index in [9.17, 15) is 0 Å². The highest BCUT2D eigenvalue weighted by molar-refractivity contribution is 7.42. The van der Waals surface area contributed by atoms with Gasteiger partial charge in [0.05, 0.1) is 6.61 Å². The van der Waals surface area contributed by atoms with Gasteiger partial charge in [-0.2, -0.15) is 0 Å². The third-order valence-electron chi connectivity index (χ3n) is 8.01. The van der Waals surface area contributed by atoms with Crippen LogP contribution in [0.3, 0.4) is 0 Å². The van der Waals surface area contributed by atoms with Gasteiger partial charge in [0.15, 0.2) is 6.29 Å². The molecule has 4 heteroatoms. The highest BCUT2D eigenvalue weighted by Crippen LogP contribution is 2.51. The molecule has 40 heavy (non-hydrogen) atoms. The van der Waals surface area contributed by atoms with Crippen LogP contribution in [0.2, 0.25) is 0 Å². The standard InChI is InChI=1S/C36H57O3P/c1-25-38-40(39-25)37-22-16-14-15-17-28(29-20-18-26(33(2,3)4)23-31(29)35(8,9)10)30-21-19-27(34(5,6)7)24-32(30)36(11,12)13/h18-21,23-25,28H,14-17,22H2,1-13H3. The molecule has 2 aromatic carbocycles. The molecule has 0 saturated carbocycles. The normalized spacial score (nSPS) is 18.8. The van der Waals surface area contributed by atoms with Crippen molar-refractivity contribution in [3.63, 3.8) is 0 Å². The topological polar surface area (TPSA) is 27.7 Å². The van der Waals surface area contributed by atoms with Crippen molar-refractivity contribution in [1.82, 2.24) is 0 Å².